The van der Waals surface area contributed by atoms with Crippen molar-refractivity contribution in [2.75, 3.05) is 23.7 Å². The van der Waals surface area contributed by atoms with Gasteiger partial charge in [0.2, 0.25) is 0 Å². The molecule has 1 aromatic carbocycles. The Morgan fingerprint density at radius 2 is 2.12 bits per heavy atom. The van der Waals surface area contributed by atoms with Gasteiger partial charge in [-0.3, -0.25) is 0 Å². The van der Waals surface area contributed by atoms with Gasteiger partial charge in [0.1, 0.15) is 0 Å². The molecule has 16 heavy (non-hydrogen) atoms. The maximum Gasteiger partial charge on any atom is 0.0670 e. The molecule has 0 saturated carbocycles. The van der Waals surface area contributed by atoms with E-state index in [1.165, 1.54) is 0 Å². The van der Waals surface area contributed by atoms with Gasteiger partial charge < -0.3 is 10.6 Å². The number of benzene rings is 1. The summed E-state index contributed by atoms with van der Waals surface area (Å²) in [6.07, 6.45) is 1.50. The van der Waals surface area contributed by atoms with Crippen LogP contribution < -0.4 is 10.6 Å². The summed E-state index contributed by atoms with van der Waals surface area (Å²) in [5.74, 6) is 0. The number of rotatable bonds is 5. The van der Waals surface area contributed by atoms with E-state index in [9.17, 15) is 0 Å². The van der Waals surface area contributed by atoms with Crippen molar-refractivity contribution in [2.24, 2.45) is 0 Å². The van der Waals surface area contributed by atoms with Gasteiger partial charge in [-0.05, 0) is 37.1 Å². The second-order valence-electron chi connectivity index (χ2n) is 3.80. The molecule has 0 spiro atoms. The van der Waals surface area contributed by atoms with Crippen LogP contribution in [0.3, 0.4) is 0 Å². The van der Waals surface area contributed by atoms with Crippen LogP contribution in [0.15, 0.2) is 18.2 Å². The van der Waals surface area contributed by atoms with Gasteiger partial charge in [0.25, 0.3) is 0 Å². The number of hydrogen-bond acceptors (Lipinski definition) is 3. The van der Waals surface area contributed by atoms with Gasteiger partial charge in [-0.2, -0.15) is 5.26 Å². The van der Waals surface area contributed by atoms with E-state index in [0.717, 1.165) is 30.8 Å². The molecule has 0 fully saturated rings. The lowest BCUT2D eigenvalue weighted by molar-refractivity contribution is 0.791. The molecule has 0 aliphatic carbocycles. The predicted molar refractivity (Wildman–Crippen MR) is 68.3 cm³/mol. The lowest BCUT2D eigenvalue weighted by atomic mass is 10.1. The van der Waals surface area contributed by atoms with Crippen LogP contribution >= 0.6 is 0 Å². The summed E-state index contributed by atoms with van der Waals surface area (Å²) in [6.45, 7) is 6.31. The van der Waals surface area contributed by atoms with Crippen LogP contribution in [0.5, 0.6) is 0 Å². The monoisotopic (exact) mass is 217 g/mol. The van der Waals surface area contributed by atoms with E-state index in [-0.39, 0.29) is 0 Å². The Morgan fingerprint density at radius 3 is 2.69 bits per heavy atom. The van der Waals surface area contributed by atoms with E-state index in [4.69, 9.17) is 11.0 Å². The molecule has 0 bridgehead atoms. The highest BCUT2D eigenvalue weighted by molar-refractivity contribution is 5.59. The topological polar surface area (TPSA) is 53.0 Å². The first-order valence-electron chi connectivity index (χ1n) is 5.73. The summed E-state index contributed by atoms with van der Waals surface area (Å²) in [5, 5.41) is 8.72. The molecule has 1 aromatic rings. The average Bonchev–Trinajstić information content (AvgIpc) is 2.29. The summed E-state index contributed by atoms with van der Waals surface area (Å²) >= 11 is 0. The highest BCUT2D eigenvalue weighted by atomic mass is 15.1. The first-order valence-corrected chi connectivity index (χ1v) is 5.73. The fourth-order valence-electron chi connectivity index (χ4n) is 1.77. The molecule has 0 aromatic heterocycles. The van der Waals surface area contributed by atoms with E-state index in [0.29, 0.717) is 12.1 Å². The molecule has 1 rings (SSSR count). The van der Waals surface area contributed by atoms with Crippen molar-refractivity contribution in [3.05, 3.63) is 23.8 Å². The molecule has 2 N–H and O–H groups in total. The van der Waals surface area contributed by atoms with Gasteiger partial charge in [-0.1, -0.05) is 6.92 Å². The van der Waals surface area contributed by atoms with Crippen molar-refractivity contribution in [3.8, 4) is 6.07 Å². The molecule has 0 amide bonds. The van der Waals surface area contributed by atoms with Crippen LogP contribution in [0.1, 0.15) is 25.8 Å². The first kappa shape index (κ1) is 12.4. The Balaban J connectivity index is 2.96. The van der Waals surface area contributed by atoms with Crippen LogP contribution in [-0.4, -0.2) is 13.1 Å². The van der Waals surface area contributed by atoms with E-state index in [2.05, 4.69) is 24.8 Å². The molecule has 3 heteroatoms. The Labute approximate surface area is 97.5 Å². The second-order valence-corrected chi connectivity index (χ2v) is 3.80. The fraction of sp³-hybridized carbons (Fsp3) is 0.462. The standard InChI is InChI=1S/C13H19N3/c1-3-9-16(4-2)12-5-6-13(15)11(10-12)7-8-14/h5-6,10H,3-4,7,9,15H2,1-2H3. The number of nitrogens with zero attached hydrogens (tertiary/aromatic N) is 2. The number of anilines is 2. The van der Waals surface area contributed by atoms with Gasteiger partial charge in [0.15, 0.2) is 0 Å². The Hall–Kier alpha value is -1.69. The molecular weight excluding hydrogens is 198 g/mol. The largest absolute Gasteiger partial charge is 0.398 e. The minimum Gasteiger partial charge on any atom is -0.398 e. The molecular formula is C13H19N3. The average molecular weight is 217 g/mol. The highest BCUT2D eigenvalue weighted by Gasteiger charge is 2.06. The third-order valence-corrected chi connectivity index (χ3v) is 2.64. The third kappa shape index (κ3) is 2.90. The Morgan fingerprint density at radius 1 is 1.38 bits per heavy atom. The number of hydrogen-bond donors (Lipinski definition) is 1. The highest BCUT2D eigenvalue weighted by Crippen LogP contribution is 2.21. The summed E-state index contributed by atoms with van der Waals surface area (Å²) in [5.41, 5.74) is 8.61. The van der Waals surface area contributed by atoms with Gasteiger partial charge in [-0.15, -0.1) is 0 Å². The summed E-state index contributed by atoms with van der Waals surface area (Å²) < 4.78 is 0. The molecule has 86 valence electrons. The van der Waals surface area contributed by atoms with Crippen molar-refractivity contribution in [3.63, 3.8) is 0 Å². The smallest absolute Gasteiger partial charge is 0.0670 e. The summed E-state index contributed by atoms with van der Waals surface area (Å²) in [4.78, 5) is 2.29. The molecule has 0 aliphatic rings. The molecule has 0 aliphatic heterocycles. The van der Waals surface area contributed by atoms with E-state index >= 15 is 0 Å². The summed E-state index contributed by atoms with van der Waals surface area (Å²) in [6, 6.07) is 8.08. The van der Waals surface area contributed by atoms with E-state index in [1.807, 2.05) is 18.2 Å². The molecule has 0 radical (unpaired) electrons. The quantitative estimate of drug-likeness (QED) is 0.771. The Bertz CT molecular complexity index is 379. The predicted octanol–water partition coefficient (Wildman–Crippen LogP) is 2.57. The van der Waals surface area contributed by atoms with Crippen LogP contribution in [0.25, 0.3) is 0 Å². The third-order valence-electron chi connectivity index (χ3n) is 2.64. The normalized spacial score (nSPS) is 9.81. The molecule has 0 unspecified atom stereocenters. The first-order chi connectivity index (χ1) is 7.72. The van der Waals surface area contributed by atoms with Crippen LogP contribution in [-0.2, 0) is 6.42 Å². The van der Waals surface area contributed by atoms with Gasteiger partial charge in [0, 0.05) is 24.5 Å². The van der Waals surface area contributed by atoms with Crippen LogP contribution in [0.2, 0.25) is 0 Å². The molecule has 0 heterocycles. The number of nitrogen functional groups attached to an aromatic ring is 1. The lowest BCUT2D eigenvalue weighted by Crippen LogP contribution is -2.23. The number of nitrogens with two attached hydrogens (primary N) is 1. The van der Waals surface area contributed by atoms with Gasteiger partial charge in [0.05, 0.1) is 12.5 Å². The second kappa shape index (κ2) is 6.02. The van der Waals surface area contributed by atoms with Crippen LogP contribution in [0, 0.1) is 11.3 Å². The maximum absolute atomic E-state index is 8.72. The maximum atomic E-state index is 8.72. The molecule has 0 atom stereocenters. The van der Waals surface area contributed by atoms with Gasteiger partial charge in [-0.25, -0.2) is 0 Å². The van der Waals surface area contributed by atoms with Crippen molar-refractivity contribution in [2.45, 2.75) is 26.7 Å². The van der Waals surface area contributed by atoms with Gasteiger partial charge >= 0.3 is 0 Å². The van der Waals surface area contributed by atoms with Crippen molar-refractivity contribution >= 4 is 11.4 Å². The minimum atomic E-state index is 0.378. The lowest BCUT2D eigenvalue weighted by Gasteiger charge is -2.23. The summed E-state index contributed by atoms with van der Waals surface area (Å²) in [7, 11) is 0. The zero-order valence-corrected chi connectivity index (χ0v) is 10.0. The zero-order valence-electron chi connectivity index (χ0n) is 10.0. The van der Waals surface area contributed by atoms with Crippen molar-refractivity contribution < 1.29 is 0 Å². The van der Waals surface area contributed by atoms with E-state index < -0.39 is 0 Å². The Kier molecular flexibility index (Phi) is 4.65. The SMILES string of the molecule is CCCN(CC)c1ccc(N)c(CC#N)c1. The minimum absolute atomic E-state index is 0.378. The van der Waals surface area contributed by atoms with Crippen LogP contribution in [0.4, 0.5) is 11.4 Å². The van der Waals surface area contributed by atoms with E-state index in [1.54, 1.807) is 0 Å². The zero-order chi connectivity index (χ0) is 12.0. The van der Waals surface area contributed by atoms with Crippen molar-refractivity contribution in [1.29, 1.82) is 5.26 Å². The molecule has 3 nitrogen and oxygen atoms in total. The molecule has 0 saturated heterocycles. The fourth-order valence-corrected chi connectivity index (χ4v) is 1.77. The number of nitriles is 1. The van der Waals surface area contributed by atoms with Crippen molar-refractivity contribution in [1.82, 2.24) is 0 Å².